The number of carbonyl (C=O) groups excluding carboxylic acids is 1. The standard InChI is InChI=1S/C21H20ClN3OS/c22-16-7-5-15(6-8-16)11-23-13-19-20(14-23)25(12-17-3-2-10-27-17)21(26)18-4-1-9-24(18)19/h1-10,19-20H,11-14H2. The SMILES string of the molecule is O=C1c2cccn2C2CN(Cc3ccc(Cl)cc3)CC2N1Cc1cccs1. The number of benzene rings is 1. The van der Waals surface area contributed by atoms with E-state index in [-0.39, 0.29) is 11.9 Å². The van der Waals surface area contributed by atoms with Crippen LogP contribution >= 0.6 is 22.9 Å². The van der Waals surface area contributed by atoms with Gasteiger partial charge in [-0.05, 0) is 41.3 Å². The van der Waals surface area contributed by atoms with Gasteiger partial charge in [0.2, 0.25) is 0 Å². The Balaban J connectivity index is 1.42. The molecule has 2 atom stereocenters. The fourth-order valence-electron chi connectivity index (χ4n) is 4.33. The van der Waals surface area contributed by atoms with E-state index in [1.165, 1.54) is 10.4 Å². The lowest BCUT2D eigenvalue weighted by Gasteiger charge is -2.38. The summed E-state index contributed by atoms with van der Waals surface area (Å²) in [4.78, 5) is 18.9. The third-order valence-corrected chi connectivity index (χ3v) is 6.69. The van der Waals surface area contributed by atoms with E-state index >= 15 is 0 Å². The second kappa shape index (κ2) is 6.82. The molecule has 2 unspecified atom stereocenters. The Morgan fingerprint density at radius 2 is 1.81 bits per heavy atom. The van der Waals surface area contributed by atoms with E-state index in [9.17, 15) is 4.79 Å². The highest BCUT2D eigenvalue weighted by molar-refractivity contribution is 7.09. The van der Waals surface area contributed by atoms with E-state index in [1.54, 1.807) is 11.3 Å². The minimum Gasteiger partial charge on any atom is -0.337 e. The number of rotatable bonds is 4. The lowest BCUT2D eigenvalue weighted by atomic mass is 10.1. The summed E-state index contributed by atoms with van der Waals surface area (Å²) >= 11 is 7.73. The highest BCUT2D eigenvalue weighted by Crippen LogP contribution is 2.35. The zero-order valence-corrected chi connectivity index (χ0v) is 16.4. The van der Waals surface area contributed by atoms with Gasteiger partial charge in [-0.25, -0.2) is 0 Å². The highest BCUT2D eigenvalue weighted by Gasteiger charge is 2.44. The summed E-state index contributed by atoms with van der Waals surface area (Å²) in [6, 6.07) is 16.7. The number of halogens is 1. The third kappa shape index (κ3) is 3.10. The van der Waals surface area contributed by atoms with Gasteiger partial charge < -0.3 is 9.47 Å². The van der Waals surface area contributed by atoms with Crippen LogP contribution in [0.5, 0.6) is 0 Å². The molecule has 27 heavy (non-hydrogen) atoms. The number of fused-ring (bicyclic) bond motifs is 3. The van der Waals surface area contributed by atoms with E-state index in [0.29, 0.717) is 12.6 Å². The van der Waals surface area contributed by atoms with E-state index in [0.717, 1.165) is 30.4 Å². The second-order valence-electron chi connectivity index (χ2n) is 7.27. The number of amides is 1. The first-order valence-electron chi connectivity index (χ1n) is 9.16. The lowest BCUT2D eigenvalue weighted by Crippen LogP contribution is -2.49. The molecule has 1 fully saturated rings. The van der Waals surface area contributed by atoms with Crippen LogP contribution < -0.4 is 0 Å². The molecule has 1 saturated heterocycles. The molecular weight excluding hydrogens is 378 g/mol. The predicted octanol–water partition coefficient (Wildman–Crippen LogP) is 4.28. The fourth-order valence-corrected chi connectivity index (χ4v) is 5.15. The molecule has 2 aromatic heterocycles. The van der Waals surface area contributed by atoms with E-state index < -0.39 is 0 Å². The van der Waals surface area contributed by atoms with Gasteiger partial charge in [-0.15, -0.1) is 11.3 Å². The average Bonchev–Trinajstić information content (AvgIpc) is 3.40. The Labute approximate surface area is 167 Å². The Hall–Kier alpha value is -2.08. The number of nitrogens with zero attached hydrogens (tertiary/aromatic N) is 3. The Kier molecular flexibility index (Phi) is 4.31. The van der Waals surface area contributed by atoms with Crippen molar-refractivity contribution in [2.75, 3.05) is 13.1 Å². The first-order valence-corrected chi connectivity index (χ1v) is 10.4. The second-order valence-corrected chi connectivity index (χ2v) is 8.74. The van der Waals surface area contributed by atoms with Crippen molar-refractivity contribution in [2.24, 2.45) is 0 Å². The molecule has 1 aromatic carbocycles. The number of hydrogen-bond acceptors (Lipinski definition) is 3. The van der Waals surface area contributed by atoms with Crippen molar-refractivity contribution < 1.29 is 4.79 Å². The maximum atomic E-state index is 13.1. The summed E-state index contributed by atoms with van der Waals surface area (Å²) in [5.74, 6) is 0.142. The van der Waals surface area contributed by atoms with Crippen molar-refractivity contribution in [1.29, 1.82) is 0 Å². The Morgan fingerprint density at radius 1 is 1.00 bits per heavy atom. The maximum absolute atomic E-state index is 13.1. The molecule has 5 rings (SSSR count). The number of carbonyl (C=O) groups is 1. The van der Waals surface area contributed by atoms with Crippen molar-refractivity contribution in [3.63, 3.8) is 0 Å². The van der Waals surface area contributed by atoms with Crippen LogP contribution in [0.15, 0.2) is 60.1 Å². The van der Waals surface area contributed by atoms with E-state index in [1.807, 2.05) is 24.3 Å². The lowest BCUT2D eigenvalue weighted by molar-refractivity contribution is 0.0559. The molecular formula is C21H20ClN3OS. The van der Waals surface area contributed by atoms with Crippen LogP contribution in [0.25, 0.3) is 0 Å². The monoisotopic (exact) mass is 397 g/mol. The molecule has 2 aliphatic rings. The van der Waals surface area contributed by atoms with Gasteiger partial charge in [0.15, 0.2) is 0 Å². The van der Waals surface area contributed by atoms with Crippen molar-refractivity contribution in [1.82, 2.24) is 14.4 Å². The first-order chi connectivity index (χ1) is 13.2. The van der Waals surface area contributed by atoms with Gasteiger partial charge in [0.25, 0.3) is 5.91 Å². The Morgan fingerprint density at radius 3 is 2.59 bits per heavy atom. The summed E-state index contributed by atoms with van der Waals surface area (Å²) in [5, 5.41) is 2.84. The molecule has 2 aliphatic heterocycles. The number of likely N-dealkylation sites (tertiary alicyclic amines) is 1. The number of aromatic nitrogens is 1. The summed E-state index contributed by atoms with van der Waals surface area (Å²) < 4.78 is 2.18. The number of hydrogen-bond donors (Lipinski definition) is 0. The average molecular weight is 398 g/mol. The fraction of sp³-hybridized carbons (Fsp3) is 0.286. The highest BCUT2D eigenvalue weighted by atomic mass is 35.5. The predicted molar refractivity (Wildman–Crippen MR) is 108 cm³/mol. The first kappa shape index (κ1) is 17.0. The van der Waals surface area contributed by atoms with Gasteiger partial charge in [0.05, 0.1) is 18.6 Å². The van der Waals surface area contributed by atoms with Gasteiger partial charge in [0.1, 0.15) is 5.69 Å². The van der Waals surface area contributed by atoms with Crippen LogP contribution in [0.2, 0.25) is 5.02 Å². The van der Waals surface area contributed by atoms with Crippen molar-refractivity contribution in [3.8, 4) is 0 Å². The van der Waals surface area contributed by atoms with Gasteiger partial charge in [-0.1, -0.05) is 29.8 Å². The van der Waals surface area contributed by atoms with Crippen LogP contribution in [0.1, 0.15) is 27.0 Å². The molecule has 0 aliphatic carbocycles. The van der Waals surface area contributed by atoms with Crippen molar-refractivity contribution in [3.05, 3.63) is 81.3 Å². The molecule has 4 heterocycles. The largest absolute Gasteiger partial charge is 0.337 e. The summed E-state index contributed by atoms with van der Waals surface area (Å²) in [6.07, 6.45) is 2.05. The molecule has 3 aromatic rings. The van der Waals surface area contributed by atoms with Crippen LogP contribution in [0.3, 0.4) is 0 Å². The van der Waals surface area contributed by atoms with Crippen LogP contribution in [0, 0.1) is 0 Å². The van der Waals surface area contributed by atoms with Crippen molar-refractivity contribution in [2.45, 2.75) is 25.2 Å². The smallest absolute Gasteiger partial charge is 0.271 e. The molecule has 0 spiro atoms. The quantitative estimate of drug-likeness (QED) is 0.657. The topological polar surface area (TPSA) is 28.5 Å². The minimum absolute atomic E-state index is 0.142. The van der Waals surface area contributed by atoms with Crippen LogP contribution in [-0.2, 0) is 13.1 Å². The summed E-state index contributed by atoms with van der Waals surface area (Å²) in [5.41, 5.74) is 2.06. The number of thiophene rings is 1. The zero-order chi connectivity index (χ0) is 18.4. The van der Waals surface area contributed by atoms with Gasteiger partial charge in [0, 0.05) is 35.7 Å². The van der Waals surface area contributed by atoms with Crippen molar-refractivity contribution >= 4 is 28.8 Å². The van der Waals surface area contributed by atoms with Gasteiger partial charge in [-0.3, -0.25) is 9.69 Å². The third-order valence-electron chi connectivity index (χ3n) is 5.58. The van der Waals surface area contributed by atoms with E-state index in [2.05, 4.69) is 50.2 Å². The van der Waals surface area contributed by atoms with Gasteiger partial charge >= 0.3 is 0 Å². The van der Waals surface area contributed by atoms with E-state index in [4.69, 9.17) is 11.6 Å². The van der Waals surface area contributed by atoms with Crippen LogP contribution in [0.4, 0.5) is 0 Å². The maximum Gasteiger partial charge on any atom is 0.271 e. The minimum atomic E-state index is 0.142. The molecule has 0 radical (unpaired) electrons. The molecule has 138 valence electrons. The normalized spacial score (nSPS) is 22.1. The zero-order valence-electron chi connectivity index (χ0n) is 14.8. The molecule has 4 nitrogen and oxygen atoms in total. The van der Waals surface area contributed by atoms with Crippen LogP contribution in [-0.4, -0.2) is 39.4 Å². The molecule has 0 N–H and O–H groups in total. The molecule has 0 bridgehead atoms. The molecule has 1 amide bonds. The Bertz CT molecular complexity index is 950. The van der Waals surface area contributed by atoms with Gasteiger partial charge in [-0.2, -0.15) is 0 Å². The summed E-state index contributed by atoms with van der Waals surface area (Å²) in [7, 11) is 0. The molecule has 0 saturated carbocycles. The molecule has 6 heteroatoms. The summed E-state index contributed by atoms with van der Waals surface area (Å²) in [6.45, 7) is 3.41.